The van der Waals surface area contributed by atoms with Gasteiger partial charge in [0.05, 0.1) is 5.52 Å². The van der Waals surface area contributed by atoms with Gasteiger partial charge in [-0.25, -0.2) is 13.7 Å². The summed E-state index contributed by atoms with van der Waals surface area (Å²) < 4.78 is 15.1. The zero-order valence-corrected chi connectivity index (χ0v) is 11.2. The summed E-state index contributed by atoms with van der Waals surface area (Å²) in [5.41, 5.74) is 0.183. The standard InChI is InChI=1S/C11H6ClN3O4S/c12-5-1-2-7-6(3-5)10(11(17)18)13-15(7)9-4-8(16)14-20(9)19/h1-4H,(H,14,16)(H,17,18). The second kappa shape index (κ2) is 4.43. The number of nitrogens with zero attached hydrogens (tertiary/aromatic N) is 2. The van der Waals surface area contributed by atoms with Crippen molar-refractivity contribution in [1.82, 2.24) is 14.5 Å². The summed E-state index contributed by atoms with van der Waals surface area (Å²) in [6, 6.07) is 4.57. The first kappa shape index (κ1) is 12.8. The first-order valence-corrected chi connectivity index (χ1v) is 6.86. The van der Waals surface area contributed by atoms with Crippen molar-refractivity contribution < 1.29 is 18.9 Å². The Morgan fingerprint density at radius 3 is 2.80 bits per heavy atom. The number of aromatic nitrogens is 2. The number of carbonyl (C=O) groups excluding carboxylic acids is 1. The zero-order chi connectivity index (χ0) is 14.4. The lowest BCUT2D eigenvalue weighted by Gasteiger charge is -2.01. The molecule has 1 aromatic carbocycles. The molecule has 1 unspecified atom stereocenters. The van der Waals surface area contributed by atoms with Crippen molar-refractivity contribution in [1.29, 1.82) is 0 Å². The van der Waals surface area contributed by atoms with Gasteiger partial charge in [-0.3, -0.25) is 9.52 Å². The van der Waals surface area contributed by atoms with Crippen molar-refractivity contribution in [2.24, 2.45) is 0 Å². The summed E-state index contributed by atoms with van der Waals surface area (Å²) in [6.07, 6.45) is 1.11. The first-order valence-electron chi connectivity index (χ1n) is 5.33. The number of carboxylic acids is 1. The third kappa shape index (κ3) is 1.89. The third-order valence-corrected chi connectivity index (χ3v) is 3.98. The fraction of sp³-hybridized carbons (Fsp3) is 0. The van der Waals surface area contributed by atoms with Crippen LogP contribution in [-0.4, -0.2) is 31.0 Å². The number of hydrogen-bond acceptors (Lipinski definition) is 4. The summed E-state index contributed by atoms with van der Waals surface area (Å²) in [4.78, 5) is 22.4. The Bertz CT molecular complexity index is 826. The van der Waals surface area contributed by atoms with Gasteiger partial charge in [0, 0.05) is 16.5 Å². The monoisotopic (exact) mass is 311 g/mol. The van der Waals surface area contributed by atoms with Crippen molar-refractivity contribution >= 4 is 50.4 Å². The minimum atomic E-state index is -1.77. The number of hydrogen-bond donors (Lipinski definition) is 2. The van der Waals surface area contributed by atoms with Crippen LogP contribution in [0, 0.1) is 0 Å². The van der Waals surface area contributed by atoms with Gasteiger partial charge in [-0.15, -0.1) is 0 Å². The molecule has 9 heteroatoms. The highest BCUT2D eigenvalue weighted by Gasteiger charge is 2.26. The lowest BCUT2D eigenvalue weighted by Crippen LogP contribution is -2.17. The van der Waals surface area contributed by atoms with Gasteiger partial charge in [0.25, 0.3) is 5.91 Å². The van der Waals surface area contributed by atoms with Gasteiger partial charge in [0.2, 0.25) is 0 Å². The number of rotatable bonds is 2. The van der Waals surface area contributed by atoms with E-state index in [0.717, 1.165) is 6.08 Å². The Hall–Kier alpha value is -2.19. The zero-order valence-electron chi connectivity index (χ0n) is 9.66. The largest absolute Gasteiger partial charge is 0.476 e. The summed E-state index contributed by atoms with van der Waals surface area (Å²) in [7, 11) is -1.77. The van der Waals surface area contributed by atoms with Crippen LogP contribution < -0.4 is 4.72 Å². The highest BCUT2D eigenvalue weighted by atomic mass is 35.5. The number of aromatic carboxylic acids is 1. The van der Waals surface area contributed by atoms with E-state index < -0.39 is 22.9 Å². The van der Waals surface area contributed by atoms with E-state index in [-0.39, 0.29) is 10.7 Å². The maximum Gasteiger partial charge on any atom is 0.357 e. The molecule has 2 heterocycles. The molecule has 1 atom stereocenters. The van der Waals surface area contributed by atoms with E-state index in [1.807, 2.05) is 0 Å². The van der Waals surface area contributed by atoms with Gasteiger partial charge in [-0.2, -0.15) is 5.10 Å². The van der Waals surface area contributed by atoms with Crippen LogP contribution in [-0.2, 0) is 15.8 Å². The van der Waals surface area contributed by atoms with Gasteiger partial charge in [0.1, 0.15) is 0 Å². The average Bonchev–Trinajstić information content (AvgIpc) is 2.89. The summed E-state index contributed by atoms with van der Waals surface area (Å²) in [5.74, 6) is -1.76. The molecule has 1 amide bonds. The molecule has 0 spiro atoms. The molecule has 0 saturated heterocycles. The van der Waals surface area contributed by atoms with Crippen molar-refractivity contribution in [3.05, 3.63) is 35.0 Å². The Morgan fingerprint density at radius 2 is 2.20 bits per heavy atom. The summed E-state index contributed by atoms with van der Waals surface area (Å²) in [5, 5.41) is 13.8. The van der Waals surface area contributed by atoms with Crippen LogP contribution in [0.15, 0.2) is 24.3 Å². The first-order chi connectivity index (χ1) is 9.47. The number of halogens is 1. The molecule has 2 N–H and O–H groups in total. The molecule has 7 nitrogen and oxygen atoms in total. The van der Waals surface area contributed by atoms with Crippen LogP contribution in [0.25, 0.3) is 15.9 Å². The van der Waals surface area contributed by atoms with Crippen molar-refractivity contribution in [3.63, 3.8) is 0 Å². The molecule has 102 valence electrons. The van der Waals surface area contributed by atoms with Gasteiger partial charge < -0.3 is 5.11 Å². The number of nitrogens with one attached hydrogen (secondary N) is 1. The highest BCUT2D eigenvalue weighted by molar-refractivity contribution is 7.93. The van der Waals surface area contributed by atoms with Crippen LogP contribution in [0.1, 0.15) is 10.5 Å². The van der Waals surface area contributed by atoms with E-state index in [0.29, 0.717) is 15.9 Å². The fourth-order valence-electron chi connectivity index (χ4n) is 1.89. The van der Waals surface area contributed by atoms with Crippen LogP contribution in [0.4, 0.5) is 0 Å². The lowest BCUT2D eigenvalue weighted by atomic mass is 10.2. The second-order valence-corrected chi connectivity index (χ2v) is 5.54. The SMILES string of the molecule is O=C1C=C(n2nc(C(=O)O)c3cc(Cl)ccc32)S(=O)N1. The predicted octanol–water partition coefficient (Wildman–Crippen LogP) is 0.980. The van der Waals surface area contributed by atoms with E-state index in [4.69, 9.17) is 16.7 Å². The van der Waals surface area contributed by atoms with Crippen LogP contribution >= 0.6 is 11.6 Å². The maximum absolute atomic E-state index is 11.8. The molecule has 0 radical (unpaired) electrons. The molecule has 0 aliphatic carbocycles. The second-order valence-electron chi connectivity index (χ2n) is 3.94. The van der Waals surface area contributed by atoms with Crippen LogP contribution in [0.3, 0.4) is 0 Å². The number of fused-ring (bicyclic) bond motifs is 1. The van der Waals surface area contributed by atoms with E-state index in [1.54, 1.807) is 12.1 Å². The van der Waals surface area contributed by atoms with E-state index in [2.05, 4.69) is 9.82 Å². The molecule has 2 aromatic rings. The molecule has 0 saturated carbocycles. The number of benzene rings is 1. The van der Waals surface area contributed by atoms with Gasteiger partial charge in [-0.05, 0) is 18.2 Å². The van der Waals surface area contributed by atoms with Crippen molar-refractivity contribution in [3.8, 4) is 0 Å². The van der Waals surface area contributed by atoms with E-state index >= 15 is 0 Å². The van der Waals surface area contributed by atoms with Gasteiger partial charge >= 0.3 is 5.97 Å². The highest BCUT2D eigenvalue weighted by Crippen LogP contribution is 2.26. The smallest absolute Gasteiger partial charge is 0.357 e. The predicted molar refractivity (Wildman–Crippen MR) is 72.3 cm³/mol. The van der Waals surface area contributed by atoms with Gasteiger partial charge in [0.15, 0.2) is 21.7 Å². The molecule has 20 heavy (non-hydrogen) atoms. The minimum Gasteiger partial charge on any atom is -0.476 e. The topological polar surface area (TPSA) is 101 Å². The fourth-order valence-corrected chi connectivity index (χ4v) is 2.92. The normalized spacial score (nSPS) is 18.1. The Kier molecular flexibility index (Phi) is 2.84. The molecule has 1 aromatic heterocycles. The number of amides is 1. The number of carbonyl (C=O) groups is 2. The Balaban J connectivity index is 2.32. The molecular formula is C11H6ClN3O4S. The van der Waals surface area contributed by atoms with E-state index in [1.165, 1.54) is 10.7 Å². The summed E-state index contributed by atoms with van der Waals surface area (Å²) >= 11 is 5.85. The Labute approximate surface area is 119 Å². The molecule has 0 bridgehead atoms. The summed E-state index contributed by atoms with van der Waals surface area (Å²) in [6.45, 7) is 0. The molecule has 3 rings (SSSR count). The van der Waals surface area contributed by atoms with Crippen LogP contribution in [0.2, 0.25) is 5.02 Å². The molecular weight excluding hydrogens is 306 g/mol. The van der Waals surface area contributed by atoms with Crippen molar-refractivity contribution in [2.75, 3.05) is 0 Å². The van der Waals surface area contributed by atoms with Gasteiger partial charge in [-0.1, -0.05) is 11.6 Å². The molecule has 1 aliphatic rings. The average molecular weight is 312 g/mol. The van der Waals surface area contributed by atoms with E-state index in [9.17, 15) is 13.8 Å². The number of carboxylic acid groups (broad SMARTS) is 1. The Morgan fingerprint density at radius 1 is 1.45 bits per heavy atom. The molecule has 1 aliphatic heterocycles. The quantitative estimate of drug-likeness (QED) is 0.861. The van der Waals surface area contributed by atoms with Crippen LogP contribution in [0.5, 0.6) is 0 Å². The minimum absolute atomic E-state index is 0.0785. The van der Waals surface area contributed by atoms with Crippen molar-refractivity contribution in [2.45, 2.75) is 0 Å². The molecule has 0 fully saturated rings. The maximum atomic E-state index is 11.8. The lowest BCUT2D eigenvalue weighted by molar-refractivity contribution is -0.114. The third-order valence-electron chi connectivity index (χ3n) is 2.69.